The van der Waals surface area contributed by atoms with E-state index in [9.17, 15) is 13.2 Å². The molecule has 1 heterocycles. The van der Waals surface area contributed by atoms with Crippen molar-refractivity contribution in [1.82, 2.24) is 9.62 Å². The van der Waals surface area contributed by atoms with E-state index in [2.05, 4.69) is 10.0 Å². The molecule has 0 spiro atoms. The lowest BCUT2D eigenvalue weighted by Gasteiger charge is -2.32. The van der Waals surface area contributed by atoms with Crippen LogP contribution in [0.2, 0.25) is 0 Å². The fourth-order valence-corrected chi connectivity index (χ4v) is 4.01. The molecule has 0 aliphatic carbocycles. The Kier molecular flexibility index (Phi) is 6.17. The van der Waals surface area contributed by atoms with Gasteiger partial charge in [0.15, 0.2) is 0 Å². The number of benzene rings is 1. The van der Waals surface area contributed by atoms with Crippen LogP contribution in [-0.2, 0) is 10.0 Å². The number of carbonyl (C=O) groups is 1. The second-order valence-electron chi connectivity index (χ2n) is 5.82. The van der Waals surface area contributed by atoms with Crippen molar-refractivity contribution in [2.45, 2.75) is 32.2 Å². The van der Waals surface area contributed by atoms with Gasteiger partial charge in [-0.25, -0.2) is 17.9 Å². The zero-order valence-electron chi connectivity index (χ0n) is 13.7. The molecule has 0 saturated carbocycles. The molecule has 2 amide bonds. The summed E-state index contributed by atoms with van der Waals surface area (Å²) in [5, 5.41) is 11.5. The molecule has 1 saturated heterocycles. The summed E-state index contributed by atoms with van der Waals surface area (Å²) >= 11 is 0. The molecule has 1 fully saturated rings. The van der Waals surface area contributed by atoms with E-state index in [4.69, 9.17) is 5.26 Å². The van der Waals surface area contributed by atoms with E-state index in [-0.39, 0.29) is 17.8 Å². The maximum absolute atomic E-state index is 12.2. The monoisotopic (exact) mass is 350 g/mol. The van der Waals surface area contributed by atoms with Gasteiger partial charge in [0.2, 0.25) is 10.0 Å². The topological polar surface area (TPSA) is 102 Å². The van der Waals surface area contributed by atoms with E-state index in [1.165, 1.54) is 0 Å². The number of nitriles is 1. The van der Waals surface area contributed by atoms with Gasteiger partial charge in [-0.15, -0.1) is 0 Å². The van der Waals surface area contributed by atoms with Crippen LogP contribution in [0.4, 0.5) is 10.5 Å². The van der Waals surface area contributed by atoms with Crippen molar-refractivity contribution in [3.63, 3.8) is 0 Å². The lowest BCUT2D eigenvalue weighted by Crippen LogP contribution is -2.48. The van der Waals surface area contributed by atoms with E-state index < -0.39 is 10.0 Å². The first-order valence-electron chi connectivity index (χ1n) is 7.99. The molecular formula is C16H22N4O3S. The Hall–Kier alpha value is -2.11. The first-order chi connectivity index (χ1) is 11.4. The number of likely N-dealkylation sites (tertiary alicyclic amines) is 1. The number of carbonyl (C=O) groups excluding carboxylic acids is 1. The van der Waals surface area contributed by atoms with Crippen molar-refractivity contribution in [2.24, 2.45) is 0 Å². The molecule has 0 unspecified atom stereocenters. The summed E-state index contributed by atoms with van der Waals surface area (Å²) in [4.78, 5) is 13.9. The van der Waals surface area contributed by atoms with Crippen LogP contribution in [0.5, 0.6) is 0 Å². The smallest absolute Gasteiger partial charge is 0.321 e. The van der Waals surface area contributed by atoms with Gasteiger partial charge in [-0.3, -0.25) is 0 Å². The molecule has 0 bridgehead atoms. The normalized spacial score (nSPS) is 15.8. The number of rotatable bonds is 5. The number of nitrogens with one attached hydrogen (secondary N) is 2. The summed E-state index contributed by atoms with van der Waals surface area (Å²) in [6.45, 7) is 2.83. The first kappa shape index (κ1) is 18.2. The summed E-state index contributed by atoms with van der Waals surface area (Å²) in [6, 6.07) is 8.35. The second kappa shape index (κ2) is 8.13. The van der Waals surface area contributed by atoms with Crippen molar-refractivity contribution in [1.29, 1.82) is 5.26 Å². The van der Waals surface area contributed by atoms with Gasteiger partial charge in [0.25, 0.3) is 0 Å². The van der Waals surface area contributed by atoms with Crippen LogP contribution in [0.1, 0.15) is 31.7 Å². The zero-order valence-corrected chi connectivity index (χ0v) is 14.5. The lowest BCUT2D eigenvalue weighted by atomic mass is 10.1. The zero-order chi connectivity index (χ0) is 17.6. The van der Waals surface area contributed by atoms with Crippen molar-refractivity contribution in [2.75, 3.05) is 24.2 Å². The lowest BCUT2D eigenvalue weighted by molar-refractivity contribution is 0.193. The molecule has 130 valence electrons. The molecule has 8 heteroatoms. The third-order valence-corrected chi connectivity index (χ3v) is 5.50. The number of amides is 2. The van der Waals surface area contributed by atoms with E-state index in [0.29, 0.717) is 43.6 Å². The Bertz CT molecular complexity index is 702. The molecule has 1 aromatic rings. The van der Waals surface area contributed by atoms with Crippen molar-refractivity contribution in [3.05, 3.63) is 29.8 Å². The minimum atomic E-state index is -3.22. The Balaban J connectivity index is 1.83. The number of urea groups is 1. The quantitative estimate of drug-likeness (QED) is 0.846. The van der Waals surface area contributed by atoms with Crippen molar-refractivity contribution >= 4 is 21.7 Å². The Morgan fingerprint density at radius 2 is 1.92 bits per heavy atom. The highest BCUT2D eigenvalue weighted by Crippen LogP contribution is 2.15. The van der Waals surface area contributed by atoms with Crippen LogP contribution in [0.15, 0.2) is 24.3 Å². The van der Waals surface area contributed by atoms with E-state index in [0.717, 1.165) is 0 Å². The molecule has 2 rings (SSSR count). The van der Waals surface area contributed by atoms with Gasteiger partial charge in [0, 0.05) is 24.8 Å². The minimum Gasteiger partial charge on any atom is -0.324 e. The van der Waals surface area contributed by atoms with Crippen LogP contribution >= 0.6 is 0 Å². The summed E-state index contributed by atoms with van der Waals surface area (Å²) < 4.78 is 26.3. The molecule has 7 nitrogen and oxygen atoms in total. The van der Waals surface area contributed by atoms with Crippen LogP contribution in [0.25, 0.3) is 0 Å². The molecule has 2 N–H and O–H groups in total. The molecule has 0 aromatic heterocycles. The summed E-state index contributed by atoms with van der Waals surface area (Å²) in [5.41, 5.74) is 1.16. The third kappa shape index (κ3) is 5.22. The van der Waals surface area contributed by atoms with Gasteiger partial charge < -0.3 is 10.2 Å². The van der Waals surface area contributed by atoms with E-state index in [1.54, 1.807) is 29.2 Å². The Morgan fingerprint density at radius 1 is 1.29 bits per heavy atom. The average molecular weight is 350 g/mol. The van der Waals surface area contributed by atoms with Gasteiger partial charge >= 0.3 is 6.03 Å². The molecule has 24 heavy (non-hydrogen) atoms. The second-order valence-corrected chi connectivity index (χ2v) is 7.69. The average Bonchev–Trinajstić information content (AvgIpc) is 2.55. The third-order valence-electron chi connectivity index (χ3n) is 3.87. The molecule has 1 aromatic carbocycles. The molecular weight excluding hydrogens is 328 g/mol. The number of nitrogens with zero attached hydrogens (tertiary/aromatic N) is 2. The highest BCUT2D eigenvalue weighted by atomic mass is 32.2. The predicted octanol–water partition coefficient (Wildman–Crippen LogP) is 1.88. The summed E-state index contributed by atoms with van der Waals surface area (Å²) in [7, 11) is -3.22. The maximum atomic E-state index is 12.2. The number of hydrogen-bond acceptors (Lipinski definition) is 4. The predicted molar refractivity (Wildman–Crippen MR) is 92.0 cm³/mol. The summed E-state index contributed by atoms with van der Waals surface area (Å²) in [6.07, 6.45) is 1.79. The van der Waals surface area contributed by atoms with E-state index in [1.807, 2.05) is 13.0 Å². The minimum absolute atomic E-state index is 0.111. The van der Waals surface area contributed by atoms with Crippen LogP contribution in [0.3, 0.4) is 0 Å². The number of hydrogen-bond donors (Lipinski definition) is 2. The number of sulfonamides is 1. The molecule has 1 aliphatic heterocycles. The highest BCUT2D eigenvalue weighted by molar-refractivity contribution is 7.89. The van der Waals surface area contributed by atoms with Gasteiger partial charge in [-0.05, 0) is 43.5 Å². The van der Waals surface area contributed by atoms with Gasteiger partial charge in [0.1, 0.15) is 0 Å². The number of anilines is 1. The standard InChI is InChI=1S/C16H22N4O3S/c1-2-11-24(22,23)19-15-7-9-20(10-8-15)16(21)18-14-5-3-13(12-17)4-6-14/h3-6,15,19H,2,7-11H2,1H3,(H,18,21). The Labute approximate surface area is 142 Å². The van der Waals surface area contributed by atoms with Gasteiger partial charge in [-0.1, -0.05) is 6.92 Å². The highest BCUT2D eigenvalue weighted by Gasteiger charge is 2.25. The molecule has 0 atom stereocenters. The Morgan fingerprint density at radius 3 is 2.46 bits per heavy atom. The van der Waals surface area contributed by atoms with Crippen LogP contribution < -0.4 is 10.0 Å². The fourth-order valence-electron chi connectivity index (χ4n) is 2.61. The first-order valence-corrected chi connectivity index (χ1v) is 9.65. The molecule has 1 aliphatic rings. The largest absolute Gasteiger partial charge is 0.324 e. The summed E-state index contributed by atoms with van der Waals surface area (Å²) in [5.74, 6) is 0.131. The van der Waals surface area contributed by atoms with Crippen LogP contribution in [-0.4, -0.2) is 44.2 Å². The van der Waals surface area contributed by atoms with Gasteiger partial charge in [-0.2, -0.15) is 5.26 Å². The number of piperidine rings is 1. The van der Waals surface area contributed by atoms with Crippen LogP contribution in [0, 0.1) is 11.3 Å². The van der Waals surface area contributed by atoms with E-state index >= 15 is 0 Å². The maximum Gasteiger partial charge on any atom is 0.321 e. The fraction of sp³-hybridized carbons (Fsp3) is 0.500. The van der Waals surface area contributed by atoms with Crippen molar-refractivity contribution in [3.8, 4) is 6.07 Å². The van der Waals surface area contributed by atoms with Crippen molar-refractivity contribution < 1.29 is 13.2 Å². The van der Waals surface area contributed by atoms with Gasteiger partial charge in [0.05, 0.1) is 17.4 Å². The SMILES string of the molecule is CCCS(=O)(=O)NC1CCN(C(=O)Nc2ccc(C#N)cc2)CC1. The molecule has 0 radical (unpaired) electrons.